The summed E-state index contributed by atoms with van der Waals surface area (Å²) in [7, 11) is 0. The van der Waals surface area contributed by atoms with E-state index in [0.717, 1.165) is 11.1 Å². The molecular weight excluding hydrogens is 352 g/mol. The third-order valence-electron chi connectivity index (χ3n) is 3.97. The summed E-state index contributed by atoms with van der Waals surface area (Å²) < 4.78 is 5.50. The Morgan fingerprint density at radius 1 is 1.36 bits per heavy atom. The lowest BCUT2D eigenvalue weighted by molar-refractivity contribution is -0.140. The first-order valence-corrected chi connectivity index (χ1v) is 9.05. The molecule has 0 radical (unpaired) electrons. The van der Waals surface area contributed by atoms with E-state index in [9.17, 15) is 10.1 Å². The first-order valence-electron chi connectivity index (χ1n) is 7.66. The lowest BCUT2D eigenvalue weighted by Crippen LogP contribution is -2.27. The van der Waals surface area contributed by atoms with Crippen LogP contribution in [0.1, 0.15) is 24.0 Å². The van der Waals surface area contributed by atoms with Crippen LogP contribution in [0.25, 0.3) is 0 Å². The zero-order valence-electron chi connectivity index (χ0n) is 13.5. The molecule has 1 N–H and O–H groups in total. The monoisotopic (exact) mass is 368 g/mol. The zero-order chi connectivity index (χ0) is 17.8. The van der Waals surface area contributed by atoms with Crippen LogP contribution in [0.5, 0.6) is 0 Å². The number of dihydropyridines is 1. The van der Waals surface area contributed by atoms with Crippen molar-refractivity contribution in [1.82, 2.24) is 5.32 Å². The highest BCUT2D eigenvalue weighted by molar-refractivity contribution is 7.84. The maximum atomic E-state index is 12.8. The highest BCUT2D eigenvalue weighted by atomic mass is 32.1. The molecule has 4 nitrogen and oxygen atoms in total. The van der Waals surface area contributed by atoms with Gasteiger partial charge in [-0.05, 0) is 34.9 Å². The fourth-order valence-electron chi connectivity index (χ4n) is 2.77. The average molecular weight is 368 g/mol. The second-order valence-corrected chi connectivity index (χ2v) is 6.82. The molecule has 0 bridgehead atoms. The van der Waals surface area contributed by atoms with Gasteiger partial charge < -0.3 is 10.1 Å². The summed E-state index contributed by atoms with van der Waals surface area (Å²) in [6.45, 7) is 1.98. The van der Waals surface area contributed by atoms with Crippen molar-refractivity contribution in [3.8, 4) is 6.07 Å². The Bertz CT molecular complexity index is 878. The third kappa shape index (κ3) is 3.63. The minimum Gasteiger partial charge on any atom is -0.457 e. The number of rotatable bonds is 4. The summed E-state index contributed by atoms with van der Waals surface area (Å²) in [6, 6.07) is 13.6. The molecular formula is C19H16N2O2S2. The molecule has 0 aliphatic carbocycles. The molecule has 126 valence electrons. The summed E-state index contributed by atoms with van der Waals surface area (Å²) in [5.74, 6) is -0.896. The number of ether oxygens (including phenoxy) is 1. The Morgan fingerprint density at radius 3 is 2.76 bits per heavy atom. The Kier molecular flexibility index (Phi) is 5.27. The van der Waals surface area contributed by atoms with Crippen molar-refractivity contribution in [2.24, 2.45) is 0 Å². The number of nitriles is 1. The molecule has 1 atom stereocenters. The summed E-state index contributed by atoms with van der Waals surface area (Å²) in [6.07, 6.45) is 0. The standard InChI is InChI=1S/C19H16N2O2S2/c1-12-16(19(22)23-10-13-5-3-2-4-6-13)17(14-7-8-25-11-14)15(9-20)18(24)21-12/h2-8,11,17,21,24H,10H2,1H3. The van der Waals surface area contributed by atoms with E-state index in [1.54, 1.807) is 6.92 Å². The van der Waals surface area contributed by atoms with Gasteiger partial charge >= 0.3 is 5.97 Å². The molecule has 1 aliphatic rings. The molecule has 0 spiro atoms. The third-order valence-corrected chi connectivity index (χ3v) is 5.03. The number of carbonyl (C=O) groups excluding carboxylic acids is 1. The molecule has 1 aliphatic heterocycles. The van der Waals surface area contributed by atoms with Crippen molar-refractivity contribution in [3.63, 3.8) is 0 Å². The van der Waals surface area contributed by atoms with Gasteiger partial charge in [0.05, 0.1) is 28.2 Å². The van der Waals surface area contributed by atoms with E-state index in [0.29, 0.717) is 21.9 Å². The Morgan fingerprint density at radius 2 is 2.12 bits per heavy atom. The molecule has 1 aromatic carbocycles. The number of carbonyl (C=O) groups is 1. The number of thiol groups is 1. The Balaban J connectivity index is 1.90. The largest absolute Gasteiger partial charge is 0.457 e. The van der Waals surface area contributed by atoms with E-state index in [1.807, 2.05) is 47.2 Å². The van der Waals surface area contributed by atoms with Crippen LogP contribution >= 0.6 is 24.0 Å². The highest BCUT2D eigenvalue weighted by Crippen LogP contribution is 2.39. The van der Waals surface area contributed by atoms with Gasteiger partial charge in [-0.25, -0.2) is 4.79 Å². The predicted molar refractivity (Wildman–Crippen MR) is 101 cm³/mol. The summed E-state index contributed by atoms with van der Waals surface area (Å²) in [4.78, 5) is 12.8. The summed E-state index contributed by atoms with van der Waals surface area (Å²) >= 11 is 5.89. The van der Waals surface area contributed by atoms with Crippen LogP contribution in [0.15, 0.2) is 69.0 Å². The van der Waals surface area contributed by atoms with Crippen molar-refractivity contribution in [2.75, 3.05) is 0 Å². The quantitative estimate of drug-likeness (QED) is 0.630. The minimum absolute atomic E-state index is 0.187. The second kappa shape index (κ2) is 7.60. The molecule has 0 saturated carbocycles. The fourth-order valence-corrected chi connectivity index (χ4v) is 3.80. The highest BCUT2D eigenvalue weighted by Gasteiger charge is 2.34. The minimum atomic E-state index is -0.465. The summed E-state index contributed by atoms with van der Waals surface area (Å²) in [5.41, 5.74) is 3.32. The zero-order valence-corrected chi connectivity index (χ0v) is 15.2. The molecule has 25 heavy (non-hydrogen) atoms. The van der Waals surface area contributed by atoms with Crippen LogP contribution in [0, 0.1) is 11.3 Å². The van der Waals surface area contributed by atoms with Crippen molar-refractivity contribution < 1.29 is 9.53 Å². The maximum absolute atomic E-state index is 12.8. The van der Waals surface area contributed by atoms with E-state index in [4.69, 9.17) is 4.74 Å². The van der Waals surface area contributed by atoms with Gasteiger partial charge in [0, 0.05) is 5.70 Å². The number of nitrogens with one attached hydrogen (secondary N) is 1. The average Bonchev–Trinajstić information content (AvgIpc) is 3.14. The number of hydrogen-bond donors (Lipinski definition) is 2. The first kappa shape index (κ1) is 17.3. The van der Waals surface area contributed by atoms with Crippen molar-refractivity contribution >= 4 is 29.9 Å². The van der Waals surface area contributed by atoms with E-state index < -0.39 is 11.9 Å². The summed E-state index contributed by atoms with van der Waals surface area (Å²) in [5, 5.41) is 16.9. The lowest BCUT2D eigenvalue weighted by atomic mass is 9.84. The van der Waals surface area contributed by atoms with Gasteiger partial charge in [0.25, 0.3) is 0 Å². The molecule has 3 rings (SSSR count). The van der Waals surface area contributed by atoms with E-state index in [2.05, 4.69) is 24.0 Å². The molecule has 6 heteroatoms. The molecule has 2 aromatic rings. The van der Waals surface area contributed by atoms with Crippen LogP contribution in [-0.2, 0) is 16.1 Å². The second-order valence-electron chi connectivity index (χ2n) is 5.59. The van der Waals surface area contributed by atoms with Gasteiger partial charge in [0.2, 0.25) is 0 Å². The van der Waals surface area contributed by atoms with Crippen LogP contribution in [-0.4, -0.2) is 5.97 Å². The molecule has 2 heterocycles. The molecule has 1 aromatic heterocycles. The normalized spacial score (nSPS) is 17.1. The van der Waals surface area contributed by atoms with Gasteiger partial charge in [0.15, 0.2) is 0 Å². The van der Waals surface area contributed by atoms with Gasteiger partial charge in [-0.1, -0.05) is 30.3 Å². The van der Waals surface area contributed by atoms with E-state index in [-0.39, 0.29) is 6.61 Å². The van der Waals surface area contributed by atoms with Gasteiger partial charge in [-0.3, -0.25) is 0 Å². The van der Waals surface area contributed by atoms with Gasteiger partial charge in [-0.15, -0.1) is 12.6 Å². The number of hydrogen-bond acceptors (Lipinski definition) is 6. The number of thiophene rings is 1. The number of esters is 1. The van der Waals surface area contributed by atoms with Crippen molar-refractivity contribution in [2.45, 2.75) is 19.4 Å². The molecule has 0 fully saturated rings. The van der Waals surface area contributed by atoms with Crippen molar-refractivity contribution in [1.29, 1.82) is 5.26 Å². The van der Waals surface area contributed by atoms with Gasteiger partial charge in [0.1, 0.15) is 6.61 Å². The first-order chi connectivity index (χ1) is 12.1. The topological polar surface area (TPSA) is 62.1 Å². The van der Waals surface area contributed by atoms with Crippen molar-refractivity contribution in [3.05, 3.63) is 80.2 Å². The number of nitrogens with zero attached hydrogens (tertiary/aromatic N) is 1. The smallest absolute Gasteiger partial charge is 0.337 e. The molecule has 0 amide bonds. The molecule has 1 unspecified atom stereocenters. The maximum Gasteiger partial charge on any atom is 0.337 e. The van der Waals surface area contributed by atoms with Crippen LogP contribution in [0.3, 0.4) is 0 Å². The van der Waals surface area contributed by atoms with Crippen LogP contribution < -0.4 is 5.32 Å². The molecule has 0 saturated heterocycles. The fraction of sp³-hybridized carbons (Fsp3) is 0.158. The Labute approximate surface area is 155 Å². The number of allylic oxidation sites excluding steroid dienone is 2. The van der Waals surface area contributed by atoms with E-state index >= 15 is 0 Å². The predicted octanol–water partition coefficient (Wildman–Crippen LogP) is 4.12. The number of benzene rings is 1. The SMILES string of the molecule is CC1=C(C(=O)OCc2ccccc2)C(c2ccsc2)C(C#N)=C(S)N1. The van der Waals surface area contributed by atoms with Crippen LogP contribution in [0.4, 0.5) is 0 Å². The lowest BCUT2D eigenvalue weighted by Gasteiger charge is -2.27. The van der Waals surface area contributed by atoms with Crippen LogP contribution in [0.2, 0.25) is 0 Å². The Hall–Kier alpha value is -2.49. The van der Waals surface area contributed by atoms with Gasteiger partial charge in [-0.2, -0.15) is 16.6 Å². The van der Waals surface area contributed by atoms with E-state index in [1.165, 1.54) is 11.3 Å².